The highest BCUT2D eigenvalue weighted by molar-refractivity contribution is 9.10. The molecule has 2 aromatic carbocycles. The Bertz CT molecular complexity index is 611. The molecule has 0 aliphatic heterocycles. The van der Waals surface area contributed by atoms with Crippen LogP contribution in [0.3, 0.4) is 0 Å². The largest absolute Gasteiger partial charge is 0.374 e. The van der Waals surface area contributed by atoms with Crippen molar-refractivity contribution >= 4 is 33.7 Å². The molecular weight excluding hydrogens is 330 g/mol. The number of nitrogens with zero attached hydrogens (tertiary/aromatic N) is 1. The number of halogens is 1. The van der Waals surface area contributed by atoms with Gasteiger partial charge in [0, 0.05) is 10.2 Å². The maximum absolute atomic E-state index is 11.9. The van der Waals surface area contributed by atoms with Gasteiger partial charge in [-0.2, -0.15) is 5.10 Å². The van der Waals surface area contributed by atoms with Crippen LogP contribution in [0.2, 0.25) is 0 Å². The molecule has 21 heavy (non-hydrogen) atoms. The van der Waals surface area contributed by atoms with Gasteiger partial charge in [0.05, 0.1) is 6.21 Å². The van der Waals surface area contributed by atoms with E-state index < -0.39 is 0 Å². The summed E-state index contributed by atoms with van der Waals surface area (Å²) in [5.41, 5.74) is 4.34. The molecule has 1 unspecified atom stereocenters. The van der Waals surface area contributed by atoms with Crippen LogP contribution >= 0.6 is 15.9 Å². The van der Waals surface area contributed by atoms with Gasteiger partial charge in [0.2, 0.25) is 0 Å². The number of hydrogen-bond acceptors (Lipinski definition) is 3. The minimum absolute atomic E-state index is 0.188. The molecule has 4 nitrogen and oxygen atoms in total. The topological polar surface area (TPSA) is 53.5 Å². The van der Waals surface area contributed by atoms with Gasteiger partial charge >= 0.3 is 0 Å². The predicted octanol–water partition coefficient (Wildman–Crippen LogP) is 3.40. The van der Waals surface area contributed by atoms with E-state index in [0.29, 0.717) is 0 Å². The Balaban J connectivity index is 1.85. The molecule has 0 saturated carbocycles. The van der Waals surface area contributed by atoms with E-state index in [4.69, 9.17) is 0 Å². The quantitative estimate of drug-likeness (QED) is 0.644. The van der Waals surface area contributed by atoms with Gasteiger partial charge in [0.15, 0.2) is 0 Å². The monoisotopic (exact) mass is 345 g/mol. The van der Waals surface area contributed by atoms with Gasteiger partial charge in [-0.15, -0.1) is 0 Å². The summed E-state index contributed by atoms with van der Waals surface area (Å²) in [7, 11) is 0. The molecule has 0 aliphatic carbocycles. The molecule has 0 heterocycles. The summed E-state index contributed by atoms with van der Waals surface area (Å²) in [5, 5.41) is 7.06. The smallest absolute Gasteiger partial charge is 0.262 e. The van der Waals surface area contributed by atoms with Crippen molar-refractivity contribution in [1.82, 2.24) is 5.43 Å². The normalized spacial score (nSPS) is 12.1. The molecule has 0 saturated heterocycles. The fourth-order valence-electron chi connectivity index (χ4n) is 1.67. The average molecular weight is 346 g/mol. The number of carbonyl (C=O) groups excluding carboxylic acids is 1. The average Bonchev–Trinajstić information content (AvgIpc) is 2.50. The van der Waals surface area contributed by atoms with Crippen LogP contribution in [0.15, 0.2) is 64.2 Å². The third-order valence-corrected chi connectivity index (χ3v) is 3.34. The lowest BCUT2D eigenvalue weighted by Gasteiger charge is -2.13. The minimum Gasteiger partial charge on any atom is -0.374 e. The molecule has 0 bridgehead atoms. The van der Waals surface area contributed by atoms with E-state index in [1.807, 2.05) is 54.6 Å². The highest BCUT2D eigenvalue weighted by atomic mass is 79.9. The highest BCUT2D eigenvalue weighted by Crippen LogP contribution is 2.09. The molecule has 2 N–H and O–H groups in total. The number of rotatable bonds is 5. The lowest BCUT2D eigenvalue weighted by atomic mass is 10.2. The number of benzene rings is 2. The van der Waals surface area contributed by atoms with Crippen LogP contribution in [0.5, 0.6) is 0 Å². The number of nitrogens with one attached hydrogen (secondary N) is 2. The molecule has 0 aromatic heterocycles. The number of hydrazone groups is 1. The summed E-state index contributed by atoms with van der Waals surface area (Å²) in [6, 6.07) is 16.9. The first kappa shape index (κ1) is 15.3. The van der Waals surface area contributed by atoms with Crippen LogP contribution in [0.25, 0.3) is 0 Å². The Labute approximate surface area is 132 Å². The molecule has 108 valence electrons. The van der Waals surface area contributed by atoms with Crippen molar-refractivity contribution in [3.05, 3.63) is 64.6 Å². The lowest BCUT2D eigenvalue weighted by molar-refractivity contribution is -0.121. The summed E-state index contributed by atoms with van der Waals surface area (Å²) in [6.07, 6.45) is 1.61. The van der Waals surface area contributed by atoms with E-state index >= 15 is 0 Å². The Morgan fingerprint density at radius 1 is 1.14 bits per heavy atom. The number of para-hydroxylation sites is 1. The van der Waals surface area contributed by atoms with Crippen molar-refractivity contribution in [1.29, 1.82) is 0 Å². The van der Waals surface area contributed by atoms with Gasteiger partial charge in [0.25, 0.3) is 5.91 Å². The summed E-state index contributed by atoms with van der Waals surface area (Å²) >= 11 is 3.36. The number of amides is 1. The Morgan fingerprint density at radius 3 is 2.48 bits per heavy atom. The van der Waals surface area contributed by atoms with Gasteiger partial charge in [-0.3, -0.25) is 4.79 Å². The molecule has 2 aromatic rings. The van der Waals surface area contributed by atoms with Crippen molar-refractivity contribution in [3.63, 3.8) is 0 Å². The summed E-state index contributed by atoms with van der Waals surface area (Å²) in [5.74, 6) is -0.188. The minimum atomic E-state index is -0.366. The first-order valence-electron chi connectivity index (χ1n) is 6.55. The lowest BCUT2D eigenvalue weighted by Crippen LogP contribution is -2.34. The Kier molecular flexibility index (Phi) is 5.51. The number of carbonyl (C=O) groups is 1. The SMILES string of the molecule is CC(Nc1ccccc1)C(=O)NN=Cc1ccc(Br)cc1. The van der Waals surface area contributed by atoms with E-state index in [9.17, 15) is 4.79 Å². The first-order chi connectivity index (χ1) is 10.1. The second-order valence-corrected chi connectivity index (χ2v) is 5.43. The van der Waals surface area contributed by atoms with Crippen LogP contribution in [-0.4, -0.2) is 18.2 Å². The van der Waals surface area contributed by atoms with Gasteiger partial charge in [-0.1, -0.05) is 46.3 Å². The summed E-state index contributed by atoms with van der Waals surface area (Å²) in [4.78, 5) is 11.9. The van der Waals surface area contributed by atoms with Crippen molar-refractivity contribution < 1.29 is 4.79 Å². The second kappa shape index (κ2) is 7.59. The zero-order valence-corrected chi connectivity index (χ0v) is 13.2. The van der Waals surface area contributed by atoms with Crippen LogP contribution in [0.4, 0.5) is 5.69 Å². The molecule has 0 radical (unpaired) electrons. The standard InChI is InChI=1S/C16H16BrN3O/c1-12(19-15-5-3-2-4-6-15)16(21)20-18-11-13-7-9-14(17)10-8-13/h2-12,19H,1H3,(H,20,21). The maximum atomic E-state index is 11.9. The van der Waals surface area contributed by atoms with Crippen molar-refractivity contribution in [2.45, 2.75) is 13.0 Å². The molecule has 5 heteroatoms. The van der Waals surface area contributed by atoms with Crippen LogP contribution in [-0.2, 0) is 4.79 Å². The summed E-state index contributed by atoms with van der Waals surface area (Å²) in [6.45, 7) is 1.79. The fourth-order valence-corrected chi connectivity index (χ4v) is 1.93. The molecule has 1 amide bonds. The van der Waals surface area contributed by atoms with E-state index in [1.54, 1.807) is 13.1 Å². The van der Waals surface area contributed by atoms with Gasteiger partial charge < -0.3 is 5.32 Å². The van der Waals surface area contributed by atoms with Crippen molar-refractivity contribution in [2.75, 3.05) is 5.32 Å². The molecular formula is C16H16BrN3O. The Morgan fingerprint density at radius 2 is 1.81 bits per heavy atom. The molecule has 0 aliphatic rings. The van der Waals surface area contributed by atoms with Gasteiger partial charge in [-0.05, 0) is 36.8 Å². The highest BCUT2D eigenvalue weighted by Gasteiger charge is 2.10. The molecule has 2 rings (SSSR count). The molecule has 1 atom stereocenters. The summed E-state index contributed by atoms with van der Waals surface area (Å²) < 4.78 is 1.00. The van der Waals surface area contributed by atoms with Crippen molar-refractivity contribution in [2.24, 2.45) is 5.10 Å². The molecule has 0 fully saturated rings. The third kappa shape index (κ3) is 5.04. The zero-order chi connectivity index (χ0) is 15.1. The van der Waals surface area contributed by atoms with E-state index in [-0.39, 0.29) is 11.9 Å². The number of anilines is 1. The number of hydrogen-bond donors (Lipinski definition) is 2. The van der Waals surface area contributed by atoms with Gasteiger partial charge in [-0.25, -0.2) is 5.43 Å². The third-order valence-electron chi connectivity index (χ3n) is 2.81. The Hall–Kier alpha value is -2.14. The van der Waals surface area contributed by atoms with Gasteiger partial charge in [0.1, 0.15) is 6.04 Å². The fraction of sp³-hybridized carbons (Fsp3) is 0.125. The van der Waals surface area contributed by atoms with E-state index in [1.165, 1.54) is 0 Å². The molecule has 0 spiro atoms. The maximum Gasteiger partial charge on any atom is 0.262 e. The predicted molar refractivity (Wildman–Crippen MR) is 89.4 cm³/mol. The first-order valence-corrected chi connectivity index (χ1v) is 7.34. The van der Waals surface area contributed by atoms with E-state index in [0.717, 1.165) is 15.7 Å². The van der Waals surface area contributed by atoms with Crippen molar-refractivity contribution in [3.8, 4) is 0 Å². The van der Waals surface area contributed by atoms with Crippen LogP contribution in [0, 0.1) is 0 Å². The zero-order valence-electron chi connectivity index (χ0n) is 11.6. The van der Waals surface area contributed by atoms with E-state index in [2.05, 4.69) is 31.8 Å². The van der Waals surface area contributed by atoms with Crippen LogP contribution in [0.1, 0.15) is 12.5 Å². The second-order valence-electron chi connectivity index (χ2n) is 4.52. The van der Waals surface area contributed by atoms with Crippen LogP contribution < -0.4 is 10.7 Å².